The minimum atomic E-state index is -1.08. The first-order chi connectivity index (χ1) is 10.5. The van der Waals surface area contributed by atoms with Gasteiger partial charge in [-0.1, -0.05) is 0 Å². The Labute approximate surface area is 137 Å². The van der Waals surface area contributed by atoms with Gasteiger partial charge in [-0.3, -0.25) is 4.79 Å². The van der Waals surface area contributed by atoms with Gasteiger partial charge in [0.15, 0.2) is 0 Å². The topological polar surface area (TPSA) is 53.4 Å². The van der Waals surface area contributed by atoms with Gasteiger partial charge in [-0.15, -0.1) is 22.7 Å². The van der Waals surface area contributed by atoms with E-state index in [2.05, 4.69) is 16.4 Å². The summed E-state index contributed by atoms with van der Waals surface area (Å²) in [6.07, 6.45) is 3.06. The van der Waals surface area contributed by atoms with Gasteiger partial charge in [0.2, 0.25) is 0 Å². The molecule has 2 aromatic rings. The fourth-order valence-electron chi connectivity index (χ4n) is 3.13. The Bertz CT molecular complexity index is 730. The van der Waals surface area contributed by atoms with Gasteiger partial charge in [-0.05, 0) is 44.2 Å². The number of thiophene rings is 1. The maximum atomic E-state index is 12.5. The monoisotopic (exact) mass is 334 g/mol. The highest BCUT2D eigenvalue weighted by molar-refractivity contribution is 7.16. The van der Waals surface area contributed by atoms with E-state index in [0.29, 0.717) is 25.9 Å². The predicted octanol–water partition coefficient (Wildman–Crippen LogP) is 2.98. The summed E-state index contributed by atoms with van der Waals surface area (Å²) in [6.45, 7) is 3.35. The molecule has 1 aliphatic heterocycles. The first-order valence-electron chi connectivity index (χ1n) is 7.61. The zero-order valence-electron chi connectivity index (χ0n) is 12.5. The highest BCUT2D eigenvalue weighted by Gasteiger charge is 2.45. The van der Waals surface area contributed by atoms with Crippen molar-refractivity contribution in [3.8, 4) is 10.6 Å². The molecule has 0 spiro atoms. The van der Waals surface area contributed by atoms with Crippen molar-refractivity contribution in [2.45, 2.75) is 44.8 Å². The Morgan fingerprint density at radius 1 is 1.45 bits per heavy atom. The average Bonchev–Trinajstić information content (AvgIpc) is 3.08. The maximum absolute atomic E-state index is 12.5. The lowest BCUT2D eigenvalue weighted by Gasteiger charge is -2.40. The summed E-state index contributed by atoms with van der Waals surface area (Å²) >= 11 is 3.45. The number of hydrogen-bond donors (Lipinski definition) is 1. The summed E-state index contributed by atoms with van der Waals surface area (Å²) in [6, 6.07) is 2.17. The molecule has 1 amide bonds. The van der Waals surface area contributed by atoms with E-state index in [1.165, 1.54) is 15.3 Å². The molecule has 2 aliphatic rings. The third kappa shape index (κ3) is 2.30. The third-order valence-electron chi connectivity index (χ3n) is 4.60. The van der Waals surface area contributed by atoms with Gasteiger partial charge in [-0.2, -0.15) is 0 Å². The van der Waals surface area contributed by atoms with Crippen molar-refractivity contribution >= 4 is 28.6 Å². The Morgan fingerprint density at radius 2 is 2.27 bits per heavy atom. The summed E-state index contributed by atoms with van der Waals surface area (Å²) in [4.78, 5) is 21.4. The number of nitrogens with zero attached hydrogens (tertiary/aromatic N) is 2. The number of carbonyl (C=O) groups excluding carboxylic acids is 1. The number of hydrogen-bond acceptors (Lipinski definition) is 5. The third-order valence-corrected chi connectivity index (χ3v) is 6.64. The molecule has 4 rings (SSSR count). The fraction of sp³-hybridized carbons (Fsp3) is 0.500. The zero-order valence-corrected chi connectivity index (χ0v) is 14.1. The Morgan fingerprint density at radius 3 is 2.91 bits per heavy atom. The van der Waals surface area contributed by atoms with Crippen LogP contribution >= 0.6 is 22.7 Å². The van der Waals surface area contributed by atoms with Crippen LogP contribution in [-0.2, 0) is 17.8 Å². The van der Waals surface area contributed by atoms with Crippen molar-refractivity contribution in [1.29, 1.82) is 0 Å². The molecule has 1 aliphatic carbocycles. The zero-order chi connectivity index (χ0) is 15.3. The Kier molecular flexibility index (Phi) is 3.36. The number of aliphatic hydroxyl groups is 1. The highest BCUT2D eigenvalue weighted by Crippen LogP contribution is 2.38. The van der Waals surface area contributed by atoms with Crippen LogP contribution in [0, 0.1) is 6.92 Å². The highest BCUT2D eigenvalue weighted by atomic mass is 32.1. The van der Waals surface area contributed by atoms with E-state index in [1.54, 1.807) is 22.7 Å². The van der Waals surface area contributed by atoms with E-state index in [9.17, 15) is 9.90 Å². The second-order valence-corrected chi connectivity index (χ2v) is 8.37. The standard InChI is InChI=1S/C16H18N2O2S2/c1-10-17-12(9-21-10)14-7-11-8-18(6-3-13(11)22-14)15(19)16(20)4-2-5-16/h7,9,20H,2-6,8H2,1H3. The Hall–Kier alpha value is -1.24. The maximum Gasteiger partial charge on any atom is 0.254 e. The summed E-state index contributed by atoms with van der Waals surface area (Å²) in [5, 5.41) is 13.4. The van der Waals surface area contributed by atoms with Crippen LogP contribution in [0.4, 0.5) is 0 Å². The number of aromatic nitrogens is 1. The van der Waals surface area contributed by atoms with Crippen molar-refractivity contribution in [2.24, 2.45) is 0 Å². The first kappa shape index (κ1) is 14.4. The van der Waals surface area contributed by atoms with Gasteiger partial charge >= 0.3 is 0 Å². The number of carbonyl (C=O) groups is 1. The summed E-state index contributed by atoms with van der Waals surface area (Å²) in [7, 11) is 0. The second-order valence-electron chi connectivity index (χ2n) is 6.17. The molecule has 0 bridgehead atoms. The molecule has 22 heavy (non-hydrogen) atoms. The van der Waals surface area contributed by atoms with Gasteiger partial charge < -0.3 is 10.0 Å². The average molecular weight is 334 g/mol. The van der Waals surface area contributed by atoms with E-state index in [4.69, 9.17) is 0 Å². The Balaban J connectivity index is 1.56. The SMILES string of the molecule is Cc1nc(-c2cc3c(s2)CCN(C(=O)C2(O)CCC2)C3)cs1. The van der Waals surface area contributed by atoms with Crippen molar-refractivity contribution in [1.82, 2.24) is 9.88 Å². The van der Waals surface area contributed by atoms with Gasteiger partial charge in [-0.25, -0.2) is 4.98 Å². The van der Waals surface area contributed by atoms with Crippen molar-refractivity contribution in [3.05, 3.63) is 26.9 Å². The van der Waals surface area contributed by atoms with Crippen molar-refractivity contribution in [2.75, 3.05) is 6.54 Å². The van der Waals surface area contributed by atoms with Crippen molar-refractivity contribution in [3.63, 3.8) is 0 Å². The number of fused-ring (bicyclic) bond motifs is 1. The molecule has 0 saturated heterocycles. The minimum Gasteiger partial charge on any atom is -0.380 e. The van der Waals surface area contributed by atoms with Gasteiger partial charge in [0.1, 0.15) is 5.60 Å². The molecule has 6 heteroatoms. The molecule has 0 radical (unpaired) electrons. The minimum absolute atomic E-state index is 0.0818. The molecule has 0 unspecified atom stereocenters. The number of thiazole rings is 1. The van der Waals surface area contributed by atoms with Crippen LogP contribution in [0.5, 0.6) is 0 Å². The molecule has 116 valence electrons. The van der Waals surface area contributed by atoms with Gasteiger partial charge in [0.25, 0.3) is 5.91 Å². The lowest BCUT2D eigenvalue weighted by atomic mass is 9.79. The van der Waals surface area contributed by atoms with Crippen LogP contribution in [0.3, 0.4) is 0 Å². The molecular weight excluding hydrogens is 316 g/mol. The molecule has 1 N–H and O–H groups in total. The summed E-state index contributed by atoms with van der Waals surface area (Å²) < 4.78 is 0. The number of aryl methyl sites for hydroxylation is 1. The van der Waals surface area contributed by atoms with E-state index < -0.39 is 5.60 Å². The summed E-state index contributed by atoms with van der Waals surface area (Å²) in [5.41, 5.74) is 1.17. The van der Waals surface area contributed by atoms with Crippen molar-refractivity contribution < 1.29 is 9.90 Å². The van der Waals surface area contributed by atoms with Crippen LogP contribution < -0.4 is 0 Å². The van der Waals surface area contributed by atoms with Crippen LogP contribution in [0.2, 0.25) is 0 Å². The van der Waals surface area contributed by atoms with Crippen LogP contribution in [0.15, 0.2) is 11.4 Å². The van der Waals surface area contributed by atoms with E-state index in [-0.39, 0.29) is 5.91 Å². The second kappa shape index (κ2) is 5.15. The van der Waals surface area contributed by atoms with E-state index >= 15 is 0 Å². The van der Waals surface area contributed by atoms with Crippen LogP contribution in [0.25, 0.3) is 10.6 Å². The van der Waals surface area contributed by atoms with Gasteiger partial charge in [0.05, 0.1) is 15.6 Å². The lowest BCUT2D eigenvalue weighted by Crippen LogP contribution is -2.54. The molecule has 4 nitrogen and oxygen atoms in total. The molecule has 1 fully saturated rings. The smallest absolute Gasteiger partial charge is 0.254 e. The van der Waals surface area contributed by atoms with E-state index in [1.807, 2.05) is 11.8 Å². The summed E-state index contributed by atoms with van der Waals surface area (Å²) in [5.74, 6) is -0.0818. The number of rotatable bonds is 2. The molecule has 3 heterocycles. The van der Waals surface area contributed by atoms with E-state index in [0.717, 1.165) is 23.5 Å². The largest absolute Gasteiger partial charge is 0.380 e. The quantitative estimate of drug-likeness (QED) is 0.918. The van der Waals surface area contributed by atoms with Crippen LogP contribution in [-0.4, -0.2) is 33.0 Å². The first-order valence-corrected chi connectivity index (χ1v) is 9.31. The lowest BCUT2D eigenvalue weighted by molar-refractivity contribution is -0.161. The predicted molar refractivity (Wildman–Crippen MR) is 88.1 cm³/mol. The molecule has 0 atom stereocenters. The molecule has 0 aromatic carbocycles. The van der Waals surface area contributed by atoms with Crippen LogP contribution in [0.1, 0.15) is 34.7 Å². The van der Waals surface area contributed by atoms with Gasteiger partial charge in [0, 0.05) is 23.3 Å². The fourth-order valence-corrected chi connectivity index (χ4v) is 4.94. The normalized spacial score (nSPS) is 19.6. The molecular formula is C16H18N2O2S2. The molecule has 2 aromatic heterocycles. The number of amides is 1. The molecule has 1 saturated carbocycles.